The molecule has 2 aromatic rings. The van der Waals surface area contributed by atoms with Crippen molar-refractivity contribution in [3.8, 4) is 17.4 Å². The fourth-order valence-electron chi connectivity index (χ4n) is 2.83. The van der Waals surface area contributed by atoms with Crippen LogP contribution in [0.4, 0.5) is 18.0 Å². The van der Waals surface area contributed by atoms with Crippen LogP contribution >= 0.6 is 11.6 Å². The Bertz CT molecular complexity index is 1180. The van der Waals surface area contributed by atoms with E-state index in [4.69, 9.17) is 35.3 Å². The number of nitrogens with zero attached hydrogens (tertiary/aromatic N) is 2. The first kappa shape index (κ1) is 31.4. The summed E-state index contributed by atoms with van der Waals surface area (Å²) >= 11 is 5.95. The lowest BCUT2D eigenvalue weighted by molar-refractivity contribution is -0.137. The van der Waals surface area contributed by atoms with Crippen LogP contribution in [0.15, 0.2) is 30.5 Å². The first-order valence-corrected chi connectivity index (χ1v) is 12.8. The number of benzene rings is 1. The lowest BCUT2D eigenvalue weighted by Gasteiger charge is -2.20. The largest absolute Gasteiger partial charge is 0.491 e. The number of rotatable bonds is 14. The minimum Gasteiger partial charge on any atom is -0.491 e. The van der Waals surface area contributed by atoms with Gasteiger partial charge in [-0.2, -0.15) is 25.9 Å². The molecule has 0 spiro atoms. The summed E-state index contributed by atoms with van der Waals surface area (Å²) in [6.07, 6.45) is -5.37. The number of hydrogen-bond donors (Lipinski definition) is 1. The number of methoxy groups -OCH3 is 2. The Morgan fingerprint density at radius 2 is 1.84 bits per heavy atom. The number of likely N-dealkylation sites (N-methyl/N-ethyl adjacent to an activating group) is 1. The van der Waals surface area contributed by atoms with Gasteiger partial charge in [0.15, 0.2) is 0 Å². The first-order valence-electron chi connectivity index (χ1n) is 11.0. The van der Waals surface area contributed by atoms with Crippen LogP contribution in [0.5, 0.6) is 17.4 Å². The van der Waals surface area contributed by atoms with Gasteiger partial charge in [-0.1, -0.05) is 18.5 Å². The molecular formula is C22H27ClF3N3O8S. The van der Waals surface area contributed by atoms with Gasteiger partial charge in [-0.15, -0.1) is 0 Å². The molecule has 1 heterocycles. The maximum absolute atomic E-state index is 12.9. The number of nitrogens with one attached hydrogen (secondary N) is 1. The Balaban J connectivity index is 2.22. The molecule has 0 unspecified atom stereocenters. The van der Waals surface area contributed by atoms with Crippen LogP contribution in [-0.2, 0) is 37.2 Å². The zero-order valence-electron chi connectivity index (χ0n) is 20.7. The lowest BCUT2D eigenvalue weighted by Crippen LogP contribution is -2.44. The van der Waals surface area contributed by atoms with Crippen molar-refractivity contribution in [1.82, 2.24) is 14.0 Å². The molecule has 1 N–H and O–H groups in total. The van der Waals surface area contributed by atoms with E-state index in [2.05, 4.69) is 4.98 Å². The molecule has 38 heavy (non-hydrogen) atoms. The molecule has 11 nitrogen and oxygen atoms in total. The van der Waals surface area contributed by atoms with E-state index >= 15 is 0 Å². The molecule has 0 saturated carbocycles. The predicted molar refractivity (Wildman–Crippen MR) is 129 cm³/mol. The third-order valence-electron chi connectivity index (χ3n) is 4.74. The van der Waals surface area contributed by atoms with Crippen molar-refractivity contribution in [2.24, 2.45) is 0 Å². The summed E-state index contributed by atoms with van der Waals surface area (Å²) in [5.74, 6) is -0.0636. The molecule has 0 saturated heterocycles. The summed E-state index contributed by atoms with van der Waals surface area (Å²) in [5, 5.41) is -0.419. The molecule has 1 aromatic carbocycles. The van der Waals surface area contributed by atoms with E-state index < -0.39 is 39.7 Å². The molecule has 2 rings (SSSR count). The maximum atomic E-state index is 12.9. The summed E-state index contributed by atoms with van der Waals surface area (Å²) in [7, 11) is -1.31. The van der Waals surface area contributed by atoms with E-state index in [1.54, 1.807) is 11.6 Å². The molecule has 0 aliphatic rings. The van der Waals surface area contributed by atoms with Gasteiger partial charge in [-0.3, -0.25) is 0 Å². The fourth-order valence-corrected chi connectivity index (χ4v) is 4.08. The smallest absolute Gasteiger partial charge is 0.422 e. The average molecular weight is 586 g/mol. The summed E-state index contributed by atoms with van der Waals surface area (Å²) in [6, 6.07) is 5.00. The van der Waals surface area contributed by atoms with Crippen LogP contribution in [0.1, 0.15) is 18.1 Å². The van der Waals surface area contributed by atoms with Crippen molar-refractivity contribution in [1.29, 1.82) is 0 Å². The van der Waals surface area contributed by atoms with Crippen LogP contribution in [0.2, 0.25) is 5.02 Å². The van der Waals surface area contributed by atoms with Gasteiger partial charge >= 0.3 is 22.5 Å². The van der Waals surface area contributed by atoms with Crippen molar-refractivity contribution >= 4 is 27.9 Å². The third-order valence-corrected chi connectivity index (χ3v) is 6.56. The van der Waals surface area contributed by atoms with Crippen molar-refractivity contribution in [2.75, 3.05) is 47.1 Å². The molecule has 0 atom stereocenters. The number of carbonyl (C=O) groups excluding carboxylic acids is 1. The molecular weight excluding hydrogens is 559 g/mol. The Kier molecular flexibility index (Phi) is 11.8. The highest BCUT2D eigenvalue weighted by atomic mass is 35.5. The second-order valence-electron chi connectivity index (χ2n) is 7.39. The van der Waals surface area contributed by atoms with Crippen molar-refractivity contribution in [3.05, 3.63) is 46.6 Å². The highest BCUT2D eigenvalue weighted by Crippen LogP contribution is 2.36. The SMILES string of the molecule is CCN(CCOC)S(=O)(=O)NC(=O)OCc1ccc(OCCOC)cc1Oc1ncc(C(F)(F)F)cc1Cl. The monoisotopic (exact) mass is 585 g/mol. The van der Waals surface area contributed by atoms with Gasteiger partial charge in [-0.25, -0.2) is 14.5 Å². The summed E-state index contributed by atoms with van der Waals surface area (Å²) in [6.45, 7) is 1.78. The van der Waals surface area contributed by atoms with Crippen molar-refractivity contribution in [3.63, 3.8) is 0 Å². The van der Waals surface area contributed by atoms with Gasteiger partial charge in [0.1, 0.15) is 29.7 Å². The number of amides is 1. The molecule has 0 fully saturated rings. The third kappa shape index (κ3) is 9.47. The lowest BCUT2D eigenvalue weighted by atomic mass is 10.2. The summed E-state index contributed by atoms with van der Waals surface area (Å²) in [4.78, 5) is 15.9. The summed E-state index contributed by atoms with van der Waals surface area (Å²) in [5.41, 5.74) is -0.860. The molecule has 1 amide bonds. The van der Waals surface area contributed by atoms with Crippen molar-refractivity contribution < 1.29 is 50.1 Å². The quantitative estimate of drug-likeness (QED) is 0.327. The van der Waals surface area contributed by atoms with E-state index in [-0.39, 0.29) is 50.1 Å². The molecule has 0 radical (unpaired) electrons. The molecule has 1 aromatic heterocycles. The van der Waals surface area contributed by atoms with E-state index in [0.717, 1.165) is 4.31 Å². The minimum absolute atomic E-state index is 0.0129. The van der Waals surface area contributed by atoms with Crippen LogP contribution in [0.3, 0.4) is 0 Å². The summed E-state index contributed by atoms with van der Waals surface area (Å²) < 4.78 is 92.4. The highest BCUT2D eigenvalue weighted by Gasteiger charge is 2.32. The van der Waals surface area contributed by atoms with Crippen molar-refractivity contribution in [2.45, 2.75) is 19.7 Å². The standard InChI is InChI=1S/C22H27ClF3N3O8S/c1-4-29(7-8-33-2)38(31,32)28-21(30)36-14-15-5-6-17(35-10-9-34-3)12-19(15)37-20-18(23)11-16(13-27-20)22(24,25)26/h5-6,11-13H,4,7-10,14H2,1-3H3,(H,28,30). The van der Waals surface area contributed by atoms with Gasteiger partial charge in [0.25, 0.3) is 0 Å². The van der Waals surface area contributed by atoms with Gasteiger partial charge in [-0.05, 0) is 18.2 Å². The second-order valence-corrected chi connectivity index (χ2v) is 9.47. The van der Waals surface area contributed by atoms with E-state index in [1.165, 1.54) is 32.4 Å². The first-order chi connectivity index (χ1) is 17.9. The van der Waals surface area contributed by atoms with Crippen LogP contribution < -0.4 is 14.2 Å². The molecule has 16 heteroatoms. The fraction of sp³-hybridized carbons (Fsp3) is 0.455. The van der Waals surface area contributed by atoms with Gasteiger partial charge in [0.2, 0.25) is 5.88 Å². The van der Waals surface area contributed by atoms with Gasteiger partial charge < -0.3 is 23.7 Å². The number of ether oxygens (including phenoxy) is 5. The van der Waals surface area contributed by atoms with E-state index in [0.29, 0.717) is 18.0 Å². The normalized spacial score (nSPS) is 11.9. The zero-order valence-corrected chi connectivity index (χ0v) is 22.3. The van der Waals surface area contributed by atoms with Crippen LogP contribution in [0, 0.1) is 0 Å². The zero-order chi connectivity index (χ0) is 28.3. The second kappa shape index (κ2) is 14.3. The molecule has 212 valence electrons. The molecule has 0 aliphatic heterocycles. The Morgan fingerprint density at radius 3 is 2.45 bits per heavy atom. The number of alkyl halides is 3. The van der Waals surface area contributed by atoms with Gasteiger partial charge in [0, 0.05) is 45.1 Å². The number of halogens is 4. The maximum Gasteiger partial charge on any atom is 0.422 e. The number of pyridine rings is 1. The topological polar surface area (TPSA) is 126 Å². The molecule has 0 bridgehead atoms. The predicted octanol–water partition coefficient (Wildman–Crippen LogP) is 4.01. The van der Waals surface area contributed by atoms with Gasteiger partial charge in [0.05, 0.1) is 18.8 Å². The molecule has 0 aliphatic carbocycles. The Labute approximate surface area is 222 Å². The minimum atomic E-state index is -4.66. The average Bonchev–Trinajstić information content (AvgIpc) is 2.84. The Morgan fingerprint density at radius 1 is 1.13 bits per heavy atom. The van der Waals surface area contributed by atoms with E-state index in [1.807, 2.05) is 0 Å². The number of hydrogen-bond acceptors (Lipinski definition) is 9. The Hall–Kier alpha value is -2.85. The van der Waals surface area contributed by atoms with Crippen LogP contribution in [-0.4, -0.2) is 70.9 Å². The van der Waals surface area contributed by atoms with Crippen LogP contribution in [0.25, 0.3) is 0 Å². The number of carbonyl (C=O) groups is 1. The van der Waals surface area contributed by atoms with E-state index in [9.17, 15) is 26.4 Å². The number of aromatic nitrogens is 1. The highest BCUT2D eigenvalue weighted by molar-refractivity contribution is 7.87.